The molecular weight excluding hydrogens is 400 g/mol. The standard InChI is InChI=1S/C23H18N2O6/c1-13-12-17(24-31-13)25-19(14-8-10-16(11-9-14)23(29)30-2)18(21(27)22(25)28)20(26)15-6-4-3-5-7-15/h3-12,19,26H,1-2H3/t19-/m0/s1. The number of anilines is 1. The highest BCUT2D eigenvalue weighted by atomic mass is 16.5. The summed E-state index contributed by atoms with van der Waals surface area (Å²) in [5.41, 5.74) is 1.13. The Morgan fingerprint density at radius 2 is 1.74 bits per heavy atom. The first-order valence-corrected chi connectivity index (χ1v) is 9.40. The van der Waals surface area contributed by atoms with E-state index in [-0.39, 0.29) is 17.2 Å². The highest BCUT2D eigenvalue weighted by molar-refractivity contribution is 6.51. The van der Waals surface area contributed by atoms with E-state index in [4.69, 9.17) is 9.26 Å². The van der Waals surface area contributed by atoms with Gasteiger partial charge in [-0.05, 0) is 24.6 Å². The third kappa shape index (κ3) is 3.48. The normalized spacial score (nSPS) is 17.7. The first kappa shape index (κ1) is 20.1. The summed E-state index contributed by atoms with van der Waals surface area (Å²) in [5.74, 6) is -1.90. The molecule has 1 aromatic heterocycles. The van der Waals surface area contributed by atoms with Crippen molar-refractivity contribution in [2.75, 3.05) is 12.0 Å². The smallest absolute Gasteiger partial charge is 0.337 e. The molecule has 0 saturated carbocycles. The number of aromatic nitrogens is 1. The van der Waals surface area contributed by atoms with Crippen molar-refractivity contribution in [2.45, 2.75) is 13.0 Å². The number of amides is 1. The minimum Gasteiger partial charge on any atom is -0.507 e. The molecule has 0 bridgehead atoms. The predicted molar refractivity (Wildman–Crippen MR) is 110 cm³/mol. The topological polar surface area (TPSA) is 110 Å². The molecule has 0 spiro atoms. The van der Waals surface area contributed by atoms with Gasteiger partial charge in [-0.3, -0.25) is 14.5 Å². The zero-order valence-electron chi connectivity index (χ0n) is 16.7. The van der Waals surface area contributed by atoms with E-state index in [2.05, 4.69) is 5.16 Å². The van der Waals surface area contributed by atoms with Gasteiger partial charge >= 0.3 is 11.9 Å². The Morgan fingerprint density at radius 1 is 1.06 bits per heavy atom. The van der Waals surface area contributed by atoms with E-state index in [9.17, 15) is 19.5 Å². The van der Waals surface area contributed by atoms with Crippen LogP contribution in [0.15, 0.2) is 70.8 Å². The first-order valence-electron chi connectivity index (χ1n) is 9.40. The summed E-state index contributed by atoms with van der Waals surface area (Å²) >= 11 is 0. The van der Waals surface area contributed by atoms with Crippen molar-refractivity contribution < 1.29 is 28.8 Å². The van der Waals surface area contributed by atoms with Gasteiger partial charge in [-0.1, -0.05) is 47.6 Å². The number of benzene rings is 2. The number of Topliss-reactive ketones (excluding diaryl/α,β-unsaturated/α-hetero) is 1. The van der Waals surface area contributed by atoms with Gasteiger partial charge < -0.3 is 14.4 Å². The van der Waals surface area contributed by atoms with Gasteiger partial charge in [-0.15, -0.1) is 0 Å². The molecule has 1 aliphatic rings. The van der Waals surface area contributed by atoms with Crippen LogP contribution in [0.1, 0.15) is 33.3 Å². The minimum absolute atomic E-state index is 0.0809. The first-order chi connectivity index (χ1) is 14.9. The Hall–Kier alpha value is -4.20. The number of nitrogens with zero attached hydrogens (tertiary/aromatic N) is 2. The third-order valence-electron chi connectivity index (χ3n) is 5.00. The maximum Gasteiger partial charge on any atom is 0.337 e. The molecule has 1 aliphatic heterocycles. The molecular formula is C23H18N2O6. The van der Waals surface area contributed by atoms with Crippen LogP contribution in [0.4, 0.5) is 5.82 Å². The fraction of sp³-hybridized carbons (Fsp3) is 0.130. The van der Waals surface area contributed by atoms with Crippen LogP contribution in [0.25, 0.3) is 5.76 Å². The largest absolute Gasteiger partial charge is 0.507 e. The summed E-state index contributed by atoms with van der Waals surface area (Å²) in [5, 5.41) is 14.8. The molecule has 1 atom stereocenters. The SMILES string of the molecule is COC(=O)c1ccc([C@H]2C(=C(O)c3ccccc3)C(=O)C(=O)N2c2cc(C)on2)cc1. The van der Waals surface area contributed by atoms with Crippen molar-refractivity contribution >= 4 is 29.2 Å². The van der Waals surface area contributed by atoms with Gasteiger partial charge in [0.15, 0.2) is 5.82 Å². The molecule has 1 amide bonds. The van der Waals surface area contributed by atoms with Gasteiger partial charge in [0.1, 0.15) is 11.5 Å². The maximum absolute atomic E-state index is 13.0. The van der Waals surface area contributed by atoms with Crippen LogP contribution in [0.5, 0.6) is 0 Å². The quantitative estimate of drug-likeness (QED) is 0.299. The fourth-order valence-corrected chi connectivity index (χ4v) is 3.52. The van der Waals surface area contributed by atoms with Crippen LogP contribution in [-0.4, -0.2) is 35.0 Å². The van der Waals surface area contributed by atoms with Crippen molar-refractivity contribution in [3.05, 3.63) is 88.7 Å². The summed E-state index contributed by atoms with van der Waals surface area (Å²) in [6.45, 7) is 1.66. The monoisotopic (exact) mass is 418 g/mol. The molecule has 0 aliphatic carbocycles. The van der Waals surface area contributed by atoms with E-state index >= 15 is 0 Å². The van der Waals surface area contributed by atoms with Crippen LogP contribution in [0.2, 0.25) is 0 Å². The lowest BCUT2D eigenvalue weighted by Gasteiger charge is -2.23. The lowest BCUT2D eigenvalue weighted by molar-refractivity contribution is -0.132. The number of esters is 1. The number of aryl methyl sites for hydroxylation is 1. The molecule has 31 heavy (non-hydrogen) atoms. The lowest BCUT2D eigenvalue weighted by Crippen LogP contribution is -2.29. The van der Waals surface area contributed by atoms with E-state index < -0.39 is 23.7 Å². The van der Waals surface area contributed by atoms with Gasteiger partial charge in [0.25, 0.3) is 5.78 Å². The number of aliphatic hydroxyl groups excluding tert-OH is 1. The van der Waals surface area contributed by atoms with Gasteiger partial charge in [0.2, 0.25) is 0 Å². The number of aliphatic hydroxyl groups is 1. The number of ether oxygens (including phenoxy) is 1. The number of carbonyl (C=O) groups excluding carboxylic acids is 3. The van der Waals surface area contributed by atoms with Crippen LogP contribution in [0, 0.1) is 6.92 Å². The Balaban J connectivity index is 1.90. The summed E-state index contributed by atoms with van der Waals surface area (Å²) in [7, 11) is 1.28. The summed E-state index contributed by atoms with van der Waals surface area (Å²) in [4.78, 5) is 38.9. The van der Waals surface area contributed by atoms with E-state index in [1.165, 1.54) is 30.2 Å². The van der Waals surface area contributed by atoms with Gasteiger partial charge in [0.05, 0.1) is 24.3 Å². The van der Waals surface area contributed by atoms with Crippen molar-refractivity contribution in [3.8, 4) is 0 Å². The Bertz CT molecular complexity index is 1190. The van der Waals surface area contributed by atoms with Crippen molar-refractivity contribution in [3.63, 3.8) is 0 Å². The maximum atomic E-state index is 13.0. The number of hydrogen-bond acceptors (Lipinski definition) is 7. The Kier molecular flexibility index (Phi) is 5.12. The molecule has 1 saturated heterocycles. The van der Waals surface area contributed by atoms with E-state index in [0.29, 0.717) is 22.5 Å². The van der Waals surface area contributed by atoms with E-state index in [0.717, 1.165) is 0 Å². The second-order valence-corrected chi connectivity index (χ2v) is 6.94. The minimum atomic E-state index is -0.962. The number of hydrogen-bond donors (Lipinski definition) is 1. The number of ketones is 1. The van der Waals surface area contributed by atoms with Crippen molar-refractivity contribution in [1.29, 1.82) is 0 Å². The number of carbonyl (C=O) groups is 3. The highest BCUT2D eigenvalue weighted by Gasteiger charge is 2.48. The molecule has 1 fully saturated rings. The molecule has 8 heteroatoms. The second-order valence-electron chi connectivity index (χ2n) is 6.94. The molecule has 2 heterocycles. The molecule has 0 radical (unpaired) electrons. The van der Waals surface area contributed by atoms with Crippen LogP contribution < -0.4 is 4.90 Å². The fourth-order valence-electron chi connectivity index (χ4n) is 3.52. The lowest BCUT2D eigenvalue weighted by atomic mass is 9.94. The Labute approximate surface area is 177 Å². The molecule has 8 nitrogen and oxygen atoms in total. The molecule has 3 aromatic rings. The zero-order valence-corrected chi connectivity index (χ0v) is 16.7. The highest BCUT2D eigenvalue weighted by Crippen LogP contribution is 2.41. The van der Waals surface area contributed by atoms with Crippen LogP contribution in [0.3, 0.4) is 0 Å². The molecule has 4 rings (SSSR count). The molecule has 156 valence electrons. The molecule has 0 unspecified atom stereocenters. The number of rotatable bonds is 4. The number of methoxy groups -OCH3 is 1. The van der Waals surface area contributed by atoms with Gasteiger partial charge in [0, 0.05) is 11.6 Å². The van der Waals surface area contributed by atoms with Gasteiger partial charge in [-0.25, -0.2) is 4.79 Å². The average molecular weight is 418 g/mol. The summed E-state index contributed by atoms with van der Waals surface area (Å²) in [6, 6.07) is 15.3. The summed E-state index contributed by atoms with van der Waals surface area (Å²) in [6.07, 6.45) is 0. The van der Waals surface area contributed by atoms with E-state index in [1.807, 2.05) is 0 Å². The average Bonchev–Trinajstić information content (AvgIpc) is 3.34. The summed E-state index contributed by atoms with van der Waals surface area (Å²) < 4.78 is 9.81. The molecule has 2 aromatic carbocycles. The Morgan fingerprint density at radius 3 is 2.32 bits per heavy atom. The van der Waals surface area contributed by atoms with Crippen LogP contribution in [-0.2, 0) is 14.3 Å². The second kappa shape index (κ2) is 7.91. The van der Waals surface area contributed by atoms with E-state index in [1.54, 1.807) is 49.4 Å². The third-order valence-corrected chi connectivity index (χ3v) is 5.00. The van der Waals surface area contributed by atoms with Crippen LogP contribution >= 0.6 is 0 Å². The van der Waals surface area contributed by atoms with Gasteiger partial charge in [-0.2, -0.15) is 0 Å². The zero-order chi connectivity index (χ0) is 22.1. The molecule has 1 N–H and O–H groups in total. The van der Waals surface area contributed by atoms with Crippen molar-refractivity contribution in [2.24, 2.45) is 0 Å². The van der Waals surface area contributed by atoms with Crippen molar-refractivity contribution in [1.82, 2.24) is 5.16 Å². The predicted octanol–water partition coefficient (Wildman–Crippen LogP) is 3.40.